The summed E-state index contributed by atoms with van der Waals surface area (Å²) >= 11 is 0. The highest BCUT2D eigenvalue weighted by Gasteiger charge is 2.47. The number of phosphoric acid groups is 3. The van der Waals surface area contributed by atoms with Crippen LogP contribution < -0.4 is 11.2 Å². The van der Waals surface area contributed by atoms with Gasteiger partial charge < -0.3 is 34.5 Å². The van der Waals surface area contributed by atoms with E-state index >= 15 is 0 Å². The third-order valence-corrected chi connectivity index (χ3v) is 8.10. The highest BCUT2D eigenvalue weighted by atomic mass is 31.3. The summed E-state index contributed by atoms with van der Waals surface area (Å²) in [5.74, 6) is 0. The van der Waals surface area contributed by atoms with Crippen LogP contribution in [0, 0.1) is 0 Å². The summed E-state index contributed by atoms with van der Waals surface area (Å²) in [5, 5.41) is 27.7. The second-order valence-electron chi connectivity index (χ2n) is 6.86. The molecule has 1 saturated heterocycles. The number of nitrogens with zero attached hydrogens (tertiary/aromatic N) is 4. The van der Waals surface area contributed by atoms with Gasteiger partial charge in [0.15, 0.2) is 0 Å². The summed E-state index contributed by atoms with van der Waals surface area (Å²) in [6.45, 7) is -1.27. The second-order valence-corrected chi connectivity index (χ2v) is 11.3. The maximum Gasteiger partial charge on any atom is 0.490 e. The highest BCUT2D eigenvalue weighted by Crippen LogP contribution is 2.66. The fourth-order valence-corrected chi connectivity index (χ4v) is 5.94. The minimum absolute atomic E-state index is 0.191. The lowest BCUT2D eigenvalue weighted by molar-refractivity contribution is -0.0228. The van der Waals surface area contributed by atoms with Crippen LogP contribution in [0.2, 0.25) is 0 Å². The Kier molecular flexibility index (Phi) is 8.10. The molecule has 0 aromatic carbocycles. The fourth-order valence-electron chi connectivity index (χ4n) is 2.91. The zero-order valence-corrected chi connectivity index (χ0v) is 19.6. The third kappa shape index (κ3) is 7.31. The molecule has 23 heteroatoms. The van der Waals surface area contributed by atoms with Crippen molar-refractivity contribution in [2.24, 2.45) is 0 Å². The molecule has 0 aliphatic carbocycles. The molecule has 3 rings (SSSR count). The molecule has 2 aromatic heterocycles. The molecule has 1 fully saturated rings. The van der Waals surface area contributed by atoms with Crippen LogP contribution in [0.1, 0.15) is 11.7 Å². The van der Waals surface area contributed by atoms with Gasteiger partial charge in [0.1, 0.15) is 31.1 Å². The molecule has 1 aliphatic heterocycles. The molecule has 0 spiro atoms. The molecular formula is C12H18N5O15P3. The Bertz CT molecular complexity index is 1300. The van der Waals surface area contributed by atoms with E-state index in [1.807, 2.05) is 4.98 Å². The Morgan fingerprint density at radius 1 is 1.06 bits per heavy atom. The van der Waals surface area contributed by atoms with Gasteiger partial charge in [0.05, 0.1) is 18.4 Å². The highest BCUT2D eigenvalue weighted by molar-refractivity contribution is 7.66. The van der Waals surface area contributed by atoms with E-state index in [0.717, 1.165) is 10.8 Å². The number of phosphoric ester groups is 1. The summed E-state index contributed by atoms with van der Waals surface area (Å²) in [5.41, 5.74) is -2.14. The van der Waals surface area contributed by atoms with Crippen LogP contribution in [-0.4, -0.2) is 79.3 Å². The van der Waals surface area contributed by atoms with Crippen molar-refractivity contribution in [1.82, 2.24) is 24.5 Å². The van der Waals surface area contributed by atoms with Gasteiger partial charge in [0, 0.05) is 12.4 Å². The van der Waals surface area contributed by atoms with Crippen molar-refractivity contribution in [3.8, 4) is 0 Å². The van der Waals surface area contributed by atoms with Gasteiger partial charge in [-0.2, -0.15) is 8.62 Å². The lowest BCUT2D eigenvalue weighted by Gasteiger charge is -2.19. The van der Waals surface area contributed by atoms with Gasteiger partial charge in [-0.15, -0.1) is 5.10 Å². The van der Waals surface area contributed by atoms with Crippen LogP contribution in [0.15, 0.2) is 28.2 Å². The fraction of sp³-hybridized carbons (Fsp3) is 0.500. The quantitative estimate of drug-likeness (QED) is 0.142. The minimum atomic E-state index is -5.77. The predicted octanol–water partition coefficient (Wildman–Crippen LogP) is -2.86. The number of aliphatic hydroxyl groups is 2. The van der Waals surface area contributed by atoms with Crippen LogP contribution in [0.5, 0.6) is 0 Å². The number of H-pyrrole nitrogens is 1. The Balaban J connectivity index is 1.72. The normalized spacial score (nSPS) is 26.3. The maximum absolute atomic E-state index is 12.3. The van der Waals surface area contributed by atoms with E-state index in [4.69, 9.17) is 19.4 Å². The van der Waals surface area contributed by atoms with Crippen LogP contribution in [0.3, 0.4) is 0 Å². The molecule has 2 aromatic rings. The Labute approximate surface area is 192 Å². The predicted molar refractivity (Wildman–Crippen MR) is 106 cm³/mol. The number of aromatic amines is 1. The van der Waals surface area contributed by atoms with Crippen molar-refractivity contribution in [3.63, 3.8) is 0 Å². The first-order valence-electron chi connectivity index (χ1n) is 9.04. The van der Waals surface area contributed by atoms with Gasteiger partial charge >= 0.3 is 29.2 Å². The average Bonchev–Trinajstić information content (AvgIpc) is 3.29. The Morgan fingerprint density at radius 3 is 2.34 bits per heavy atom. The number of nitrogens with one attached hydrogen (secondary N) is 1. The van der Waals surface area contributed by atoms with E-state index in [-0.39, 0.29) is 12.2 Å². The minimum Gasteiger partial charge on any atom is -0.387 e. The van der Waals surface area contributed by atoms with Crippen molar-refractivity contribution in [1.29, 1.82) is 0 Å². The van der Waals surface area contributed by atoms with Crippen LogP contribution >= 0.6 is 23.5 Å². The molecular weight excluding hydrogens is 547 g/mol. The largest absolute Gasteiger partial charge is 0.490 e. The summed E-state index contributed by atoms with van der Waals surface area (Å²) in [4.78, 5) is 62.0. The molecule has 3 unspecified atom stereocenters. The van der Waals surface area contributed by atoms with Gasteiger partial charge in [-0.1, -0.05) is 5.21 Å². The topological polar surface area (TPSA) is 295 Å². The molecule has 3 heterocycles. The summed E-state index contributed by atoms with van der Waals surface area (Å²) < 4.78 is 52.9. The van der Waals surface area contributed by atoms with Gasteiger partial charge in [0.2, 0.25) is 0 Å². The lowest BCUT2D eigenvalue weighted by Crippen LogP contribution is -2.37. The molecule has 20 nitrogen and oxygen atoms in total. The van der Waals surface area contributed by atoms with Crippen molar-refractivity contribution in [2.45, 2.75) is 31.1 Å². The van der Waals surface area contributed by atoms with E-state index in [9.17, 15) is 38.4 Å². The summed E-state index contributed by atoms with van der Waals surface area (Å²) in [6, 6.07) is 0. The Hall–Kier alpha value is -1.89. The molecule has 0 radical (unpaired) electrons. The molecule has 1 aliphatic rings. The molecule has 35 heavy (non-hydrogen) atoms. The van der Waals surface area contributed by atoms with Gasteiger partial charge in [-0.05, 0) is 0 Å². The van der Waals surface area contributed by atoms with Crippen LogP contribution in [0.4, 0.5) is 0 Å². The monoisotopic (exact) mass is 565 g/mol. The van der Waals surface area contributed by atoms with Crippen molar-refractivity contribution in [3.05, 3.63) is 45.0 Å². The number of aliphatic hydroxyl groups excluding tert-OH is 2. The number of aromatic nitrogens is 5. The molecule has 0 bridgehead atoms. The molecule has 6 atom stereocenters. The zero-order chi connectivity index (χ0) is 26.2. The first kappa shape index (κ1) is 27.7. The maximum atomic E-state index is 12.3. The van der Waals surface area contributed by atoms with Gasteiger partial charge in [0.25, 0.3) is 5.56 Å². The molecule has 0 saturated carbocycles. The zero-order valence-electron chi connectivity index (χ0n) is 16.9. The first-order valence-corrected chi connectivity index (χ1v) is 13.6. The number of hydrogen-bond acceptors (Lipinski definition) is 13. The SMILES string of the molecule is O=c1[nH]c(=O)n(Cn2ccnn2)cc1[C@@H]1O[C@H](COP(=O)(O)OP(=O)(O)OP(=O)(O)O)C(O)[C@@H]1O. The van der Waals surface area contributed by atoms with Crippen LogP contribution in [-0.2, 0) is 38.2 Å². The van der Waals surface area contributed by atoms with Crippen molar-refractivity contribution >= 4 is 23.5 Å². The number of hydrogen-bond donors (Lipinski definition) is 7. The van der Waals surface area contributed by atoms with E-state index < -0.39 is 65.7 Å². The molecule has 196 valence electrons. The lowest BCUT2D eigenvalue weighted by atomic mass is 10.0. The number of ether oxygens (including phenoxy) is 1. The van der Waals surface area contributed by atoms with E-state index in [2.05, 4.69) is 23.5 Å². The van der Waals surface area contributed by atoms with Crippen molar-refractivity contribution in [2.75, 3.05) is 6.61 Å². The summed E-state index contributed by atoms with van der Waals surface area (Å²) in [6.07, 6.45) is -3.04. The average molecular weight is 565 g/mol. The smallest absolute Gasteiger partial charge is 0.387 e. The van der Waals surface area contributed by atoms with Crippen LogP contribution in [0.25, 0.3) is 0 Å². The van der Waals surface area contributed by atoms with E-state index in [0.29, 0.717) is 0 Å². The second kappa shape index (κ2) is 10.2. The Morgan fingerprint density at radius 2 is 1.74 bits per heavy atom. The first-order chi connectivity index (χ1) is 16.1. The molecule has 7 N–H and O–H groups in total. The van der Waals surface area contributed by atoms with E-state index in [1.165, 1.54) is 17.1 Å². The van der Waals surface area contributed by atoms with Crippen molar-refractivity contribution < 1.29 is 61.4 Å². The third-order valence-electron chi connectivity index (χ3n) is 4.29. The van der Waals surface area contributed by atoms with E-state index in [1.54, 1.807) is 0 Å². The molecule has 0 amide bonds. The summed E-state index contributed by atoms with van der Waals surface area (Å²) in [7, 11) is -16.9. The standard InChI is InChI=1S/C12H18N5O15P3/c18-8-7(4-29-34(25,26)32-35(27,28)31-33(22,23)24)30-10(9(8)19)6-3-16(12(21)14-11(6)20)5-17-2-1-13-15-17/h1-3,7-10,18-19H,4-5H2,(H,25,26)(H,27,28)(H,14,20,21)(H2,22,23,24)/t7-,8?,9+,10+/m1/s1. The van der Waals surface area contributed by atoms with Gasteiger partial charge in [-0.3, -0.25) is 18.9 Å². The number of rotatable bonds is 10. The van der Waals surface area contributed by atoms with Gasteiger partial charge in [-0.25, -0.2) is 23.2 Å².